The first-order valence-electron chi connectivity index (χ1n) is 8.95. The third-order valence-electron chi connectivity index (χ3n) is 4.70. The topological polar surface area (TPSA) is 50.5 Å². The van der Waals surface area contributed by atoms with E-state index in [1.54, 1.807) is 17.0 Å². The van der Waals surface area contributed by atoms with E-state index < -0.39 is 0 Å². The van der Waals surface area contributed by atoms with Crippen LogP contribution in [0.25, 0.3) is 5.70 Å². The molecule has 0 aliphatic carbocycles. The maximum absolute atomic E-state index is 13.1. The zero-order valence-corrected chi connectivity index (χ0v) is 14.8. The predicted octanol–water partition coefficient (Wildman–Crippen LogP) is 4.70. The molecule has 0 atom stereocenters. The third kappa shape index (κ3) is 3.47. The highest BCUT2D eigenvalue weighted by Gasteiger charge is 2.32. The SMILES string of the molecule is O=C(C1=C(c2ccccc2)N(Cc2ccccc2)C(=O)CC1)c1ccco1. The molecule has 1 amide bonds. The number of carbonyl (C=O) groups excluding carboxylic acids is 2. The van der Waals surface area contributed by atoms with E-state index in [2.05, 4.69) is 0 Å². The molecule has 0 bridgehead atoms. The Morgan fingerprint density at radius 3 is 2.26 bits per heavy atom. The van der Waals surface area contributed by atoms with Crippen molar-refractivity contribution in [1.82, 2.24) is 4.90 Å². The van der Waals surface area contributed by atoms with Crippen LogP contribution < -0.4 is 0 Å². The van der Waals surface area contributed by atoms with Crippen molar-refractivity contribution in [2.45, 2.75) is 19.4 Å². The van der Waals surface area contributed by atoms with Crippen LogP contribution in [0.3, 0.4) is 0 Å². The number of carbonyl (C=O) groups is 2. The minimum atomic E-state index is -0.163. The maximum atomic E-state index is 13.1. The summed E-state index contributed by atoms with van der Waals surface area (Å²) in [6.07, 6.45) is 2.21. The Labute approximate surface area is 157 Å². The number of benzene rings is 2. The minimum absolute atomic E-state index is 0.0219. The minimum Gasteiger partial charge on any atom is -0.461 e. The summed E-state index contributed by atoms with van der Waals surface area (Å²) in [5.74, 6) is 0.158. The Bertz CT molecular complexity index is 973. The molecule has 1 aliphatic heterocycles. The van der Waals surface area contributed by atoms with Gasteiger partial charge in [0.05, 0.1) is 18.5 Å². The molecule has 0 unspecified atom stereocenters. The summed E-state index contributed by atoms with van der Waals surface area (Å²) in [4.78, 5) is 27.6. The zero-order valence-electron chi connectivity index (χ0n) is 14.8. The molecule has 4 heteroatoms. The number of rotatable bonds is 5. The van der Waals surface area contributed by atoms with Gasteiger partial charge in [-0.15, -0.1) is 0 Å². The number of amides is 1. The lowest BCUT2D eigenvalue weighted by molar-refractivity contribution is -0.128. The lowest BCUT2D eigenvalue weighted by Gasteiger charge is -2.32. The average Bonchev–Trinajstić information content (AvgIpc) is 3.25. The first-order chi connectivity index (χ1) is 13.2. The molecule has 0 radical (unpaired) electrons. The summed E-state index contributed by atoms with van der Waals surface area (Å²) in [5.41, 5.74) is 3.17. The van der Waals surface area contributed by atoms with Crippen LogP contribution in [0.4, 0.5) is 0 Å². The smallest absolute Gasteiger partial charge is 0.227 e. The molecule has 27 heavy (non-hydrogen) atoms. The molecular weight excluding hydrogens is 338 g/mol. The Morgan fingerprint density at radius 1 is 0.889 bits per heavy atom. The van der Waals surface area contributed by atoms with Crippen LogP contribution in [0, 0.1) is 0 Å². The second-order valence-corrected chi connectivity index (χ2v) is 6.47. The van der Waals surface area contributed by atoms with Crippen molar-refractivity contribution >= 4 is 17.4 Å². The fourth-order valence-electron chi connectivity index (χ4n) is 3.41. The normalized spacial score (nSPS) is 14.5. The lowest BCUT2D eigenvalue weighted by atomic mass is 9.92. The van der Waals surface area contributed by atoms with Crippen LogP contribution in [0.1, 0.15) is 34.5 Å². The number of hydrogen-bond acceptors (Lipinski definition) is 3. The van der Waals surface area contributed by atoms with E-state index in [0.29, 0.717) is 36.4 Å². The molecule has 2 aromatic carbocycles. The molecule has 3 aromatic rings. The van der Waals surface area contributed by atoms with Gasteiger partial charge in [-0.1, -0.05) is 60.7 Å². The highest BCUT2D eigenvalue weighted by Crippen LogP contribution is 2.34. The molecular formula is C23H19NO3. The number of hydrogen-bond donors (Lipinski definition) is 0. The largest absolute Gasteiger partial charge is 0.461 e. The predicted molar refractivity (Wildman–Crippen MR) is 103 cm³/mol. The van der Waals surface area contributed by atoms with Gasteiger partial charge in [0.15, 0.2) is 5.76 Å². The van der Waals surface area contributed by atoms with Crippen LogP contribution >= 0.6 is 0 Å². The van der Waals surface area contributed by atoms with Crippen molar-refractivity contribution in [3.05, 3.63) is 102 Å². The van der Waals surface area contributed by atoms with E-state index in [-0.39, 0.29) is 11.7 Å². The molecule has 0 fully saturated rings. The monoisotopic (exact) mass is 357 g/mol. The van der Waals surface area contributed by atoms with E-state index in [4.69, 9.17) is 4.42 Å². The van der Waals surface area contributed by atoms with Crippen LogP contribution in [-0.2, 0) is 11.3 Å². The molecule has 0 saturated carbocycles. The quantitative estimate of drug-likeness (QED) is 0.622. The first kappa shape index (κ1) is 17.0. The second-order valence-electron chi connectivity index (χ2n) is 6.47. The summed E-state index contributed by atoms with van der Waals surface area (Å²) >= 11 is 0. The Morgan fingerprint density at radius 2 is 1.59 bits per heavy atom. The summed E-state index contributed by atoms with van der Waals surface area (Å²) in [7, 11) is 0. The van der Waals surface area contributed by atoms with E-state index >= 15 is 0 Å². The van der Waals surface area contributed by atoms with Crippen LogP contribution in [0.5, 0.6) is 0 Å². The zero-order chi connectivity index (χ0) is 18.6. The van der Waals surface area contributed by atoms with Crippen LogP contribution in [-0.4, -0.2) is 16.6 Å². The standard InChI is InChI=1S/C23H19NO3/c25-21-14-13-19(23(26)20-12-7-15-27-20)22(18-10-5-2-6-11-18)24(21)16-17-8-3-1-4-9-17/h1-12,15H,13-14,16H2. The Balaban J connectivity index is 1.83. The van der Waals surface area contributed by atoms with Crippen LogP contribution in [0.2, 0.25) is 0 Å². The maximum Gasteiger partial charge on any atom is 0.227 e. The number of Topliss-reactive ketones (excluding diaryl/α,β-unsaturated/α-hetero) is 1. The molecule has 4 nitrogen and oxygen atoms in total. The molecule has 134 valence electrons. The molecule has 0 N–H and O–H groups in total. The summed E-state index contributed by atoms with van der Waals surface area (Å²) in [6.45, 7) is 0.429. The average molecular weight is 357 g/mol. The van der Waals surface area contributed by atoms with Crippen LogP contribution in [0.15, 0.2) is 89.0 Å². The first-order valence-corrected chi connectivity index (χ1v) is 8.95. The molecule has 4 rings (SSSR count). The molecule has 2 heterocycles. The van der Waals surface area contributed by atoms with Gasteiger partial charge in [-0.3, -0.25) is 9.59 Å². The van der Waals surface area contributed by atoms with E-state index in [1.165, 1.54) is 6.26 Å². The van der Waals surface area contributed by atoms with Gasteiger partial charge >= 0.3 is 0 Å². The van der Waals surface area contributed by atoms with Crippen molar-refractivity contribution in [3.63, 3.8) is 0 Å². The van der Waals surface area contributed by atoms with Gasteiger partial charge in [-0.05, 0) is 29.7 Å². The van der Waals surface area contributed by atoms with E-state index in [0.717, 1.165) is 11.1 Å². The van der Waals surface area contributed by atoms with E-state index in [1.807, 2.05) is 60.7 Å². The van der Waals surface area contributed by atoms with Crippen molar-refractivity contribution < 1.29 is 14.0 Å². The third-order valence-corrected chi connectivity index (χ3v) is 4.70. The molecule has 0 saturated heterocycles. The van der Waals surface area contributed by atoms with Gasteiger partial charge in [-0.2, -0.15) is 0 Å². The summed E-state index contributed by atoms with van der Waals surface area (Å²) < 4.78 is 5.33. The number of ketones is 1. The fourth-order valence-corrected chi connectivity index (χ4v) is 3.41. The number of nitrogens with zero attached hydrogens (tertiary/aromatic N) is 1. The van der Waals surface area contributed by atoms with E-state index in [9.17, 15) is 9.59 Å². The molecule has 1 aromatic heterocycles. The fraction of sp³-hybridized carbons (Fsp3) is 0.130. The molecule has 1 aliphatic rings. The second kappa shape index (κ2) is 7.46. The Hall–Kier alpha value is -3.40. The lowest BCUT2D eigenvalue weighted by Crippen LogP contribution is -2.34. The van der Waals surface area contributed by atoms with Crippen molar-refractivity contribution in [3.8, 4) is 0 Å². The van der Waals surface area contributed by atoms with Crippen molar-refractivity contribution in [2.75, 3.05) is 0 Å². The van der Waals surface area contributed by atoms with Gasteiger partial charge < -0.3 is 9.32 Å². The Kier molecular flexibility index (Phi) is 4.71. The molecule has 0 spiro atoms. The highest BCUT2D eigenvalue weighted by molar-refractivity contribution is 6.13. The summed E-state index contributed by atoms with van der Waals surface area (Å²) in [6, 6.07) is 22.8. The van der Waals surface area contributed by atoms with Crippen molar-refractivity contribution in [1.29, 1.82) is 0 Å². The number of furan rings is 1. The number of allylic oxidation sites excluding steroid dienone is 1. The van der Waals surface area contributed by atoms with Crippen molar-refractivity contribution in [2.24, 2.45) is 0 Å². The van der Waals surface area contributed by atoms with Gasteiger partial charge in [0.25, 0.3) is 0 Å². The van der Waals surface area contributed by atoms with Gasteiger partial charge in [-0.25, -0.2) is 0 Å². The van der Waals surface area contributed by atoms with Gasteiger partial charge in [0, 0.05) is 12.0 Å². The van der Waals surface area contributed by atoms with Gasteiger partial charge in [0.1, 0.15) is 0 Å². The highest BCUT2D eigenvalue weighted by atomic mass is 16.3. The van der Waals surface area contributed by atoms with Gasteiger partial charge in [0.2, 0.25) is 11.7 Å². The summed E-state index contributed by atoms with van der Waals surface area (Å²) in [5, 5.41) is 0.